The number of nitrogens with one attached hydrogen (secondary N) is 1. The second-order valence-electron chi connectivity index (χ2n) is 15.9. The first kappa shape index (κ1) is 33.3. The molecular weight excluding hydrogens is 515 g/mol. The van der Waals surface area contributed by atoms with Gasteiger partial charge in [-0.15, -0.1) is 0 Å². The van der Waals surface area contributed by atoms with Crippen LogP contribution in [0.2, 0.25) is 54.4 Å². The van der Waals surface area contributed by atoms with Gasteiger partial charge >= 0.3 is 0 Å². The van der Waals surface area contributed by atoms with E-state index in [2.05, 4.69) is 107 Å². The van der Waals surface area contributed by atoms with Crippen LogP contribution in [0.25, 0.3) is 0 Å². The SMILES string of the molecule is CC(C)(C)[Si](C)(C)OC[C@H]1O[C@@H]2NCCCC(=O)[C@@H]2[C@@H](O[Si](C)(C)C(C)(C)C)[C@@H]1O[Si](C)(C)C(C)(C)C. The van der Waals surface area contributed by atoms with Crippen molar-refractivity contribution < 1.29 is 22.8 Å². The van der Waals surface area contributed by atoms with Crippen molar-refractivity contribution in [2.75, 3.05) is 13.2 Å². The van der Waals surface area contributed by atoms with Gasteiger partial charge in [0.2, 0.25) is 0 Å². The Morgan fingerprint density at radius 1 is 0.784 bits per heavy atom. The van der Waals surface area contributed by atoms with E-state index in [1.54, 1.807) is 0 Å². The number of ketones is 1. The molecule has 1 N–H and O–H groups in total. The summed E-state index contributed by atoms with van der Waals surface area (Å²) in [5.74, 6) is -0.151. The molecule has 37 heavy (non-hydrogen) atoms. The van der Waals surface area contributed by atoms with Gasteiger partial charge in [0, 0.05) is 6.42 Å². The van der Waals surface area contributed by atoms with E-state index in [-0.39, 0.29) is 51.4 Å². The molecule has 0 aromatic rings. The predicted molar refractivity (Wildman–Crippen MR) is 162 cm³/mol. The minimum atomic E-state index is -2.23. The van der Waals surface area contributed by atoms with E-state index >= 15 is 0 Å². The van der Waals surface area contributed by atoms with Crippen LogP contribution in [-0.2, 0) is 22.8 Å². The highest BCUT2D eigenvalue weighted by molar-refractivity contribution is 6.75. The molecule has 9 heteroatoms. The zero-order valence-electron chi connectivity index (χ0n) is 26.8. The normalized spacial score (nSPS) is 29.2. The van der Waals surface area contributed by atoms with E-state index in [9.17, 15) is 4.79 Å². The third-order valence-corrected chi connectivity index (χ3v) is 23.3. The van der Waals surface area contributed by atoms with Crippen molar-refractivity contribution >= 4 is 30.7 Å². The Morgan fingerprint density at radius 3 is 1.70 bits per heavy atom. The van der Waals surface area contributed by atoms with Gasteiger partial charge in [0.1, 0.15) is 18.1 Å². The summed E-state index contributed by atoms with van der Waals surface area (Å²) in [5, 5.41) is 3.66. The van der Waals surface area contributed by atoms with E-state index in [4.69, 9.17) is 18.0 Å². The number of carbonyl (C=O) groups excluding carboxylic acids is 1. The largest absolute Gasteiger partial charge is 0.414 e. The summed E-state index contributed by atoms with van der Waals surface area (Å²) in [4.78, 5) is 13.6. The number of hydrogen-bond acceptors (Lipinski definition) is 6. The molecule has 0 saturated carbocycles. The van der Waals surface area contributed by atoms with Crippen LogP contribution < -0.4 is 5.32 Å². The van der Waals surface area contributed by atoms with Crippen LogP contribution >= 0.6 is 0 Å². The Labute approximate surface area is 231 Å². The van der Waals surface area contributed by atoms with Crippen molar-refractivity contribution in [1.82, 2.24) is 5.32 Å². The van der Waals surface area contributed by atoms with E-state index in [0.29, 0.717) is 13.0 Å². The topological polar surface area (TPSA) is 66.0 Å². The van der Waals surface area contributed by atoms with Crippen LogP contribution in [0.4, 0.5) is 0 Å². The molecule has 0 radical (unpaired) electrons. The van der Waals surface area contributed by atoms with Crippen molar-refractivity contribution in [1.29, 1.82) is 0 Å². The predicted octanol–water partition coefficient (Wildman–Crippen LogP) is 7.08. The Bertz CT molecular complexity index is 795. The molecule has 0 bridgehead atoms. The molecular formula is C28H59NO5Si3. The van der Waals surface area contributed by atoms with Crippen molar-refractivity contribution in [2.24, 2.45) is 5.92 Å². The van der Waals surface area contributed by atoms with Crippen LogP contribution in [0.15, 0.2) is 0 Å². The smallest absolute Gasteiger partial charge is 0.192 e. The molecule has 0 aliphatic carbocycles. The van der Waals surface area contributed by atoms with Crippen LogP contribution in [-0.4, -0.2) is 68.4 Å². The highest BCUT2D eigenvalue weighted by atomic mass is 28.4. The van der Waals surface area contributed by atoms with E-state index in [1.165, 1.54) is 0 Å². The highest BCUT2D eigenvalue weighted by Gasteiger charge is 2.56. The maximum absolute atomic E-state index is 13.6. The molecule has 2 saturated heterocycles. The van der Waals surface area contributed by atoms with Crippen LogP contribution in [0.3, 0.4) is 0 Å². The van der Waals surface area contributed by atoms with Gasteiger partial charge in [-0.25, -0.2) is 0 Å². The molecule has 2 heterocycles. The molecule has 5 atom stereocenters. The summed E-state index contributed by atoms with van der Waals surface area (Å²) in [7, 11) is -6.47. The van der Waals surface area contributed by atoms with Gasteiger partial charge in [-0.3, -0.25) is 10.1 Å². The maximum Gasteiger partial charge on any atom is 0.192 e. The van der Waals surface area contributed by atoms with Crippen LogP contribution in [0.5, 0.6) is 0 Å². The number of ether oxygens (including phenoxy) is 1. The summed E-state index contributed by atoms with van der Waals surface area (Å²) >= 11 is 0. The lowest BCUT2D eigenvalue weighted by Gasteiger charge is -2.53. The first-order valence-electron chi connectivity index (χ1n) is 14.3. The number of Topliss-reactive ketones (excluding diaryl/α,β-unsaturated/α-hetero) is 1. The lowest BCUT2D eigenvalue weighted by atomic mass is 9.86. The van der Waals surface area contributed by atoms with Gasteiger partial charge in [-0.1, -0.05) is 62.3 Å². The molecule has 2 fully saturated rings. The summed E-state index contributed by atoms with van der Waals surface area (Å²) in [6.45, 7) is 35.2. The molecule has 0 amide bonds. The first-order chi connectivity index (χ1) is 16.4. The van der Waals surface area contributed by atoms with Gasteiger partial charge in [-0.05, 0) is 67.4 Å². The van der Waals surface area contributed by atoms with Gasteiger partial charge in [0.25, 0.3) is 0 Å². The first-order valence-corrected chi connectivity index (χ1v) is 23.0. The fraction of sp³-hybridized carbons (Fsp3) is 0.964. The summed E-state index contributed by atoms with van der Waals surface area (Å²) in [6, 6.07) is 0. The summed E-state index contributed by atoms with van der Waals surface area (Å²) < 4.78 is 27.9. The monoisotopic (exact) mass is 573 g/mol. The summed E-state index contributed by atoms with van der Waals surface area (Å²) in [6.07, 6.45) is -0.0345. The van der Waals surface area contributed by atoms with Gasteiger partial charge < -0.3 is 18.0 Å². The second kappa shape index (κ2) is 11.2. The van der Waals surface area contributed by atoms with Gasteiger partial charge in [0.15, 0.2) is 25.0 Å². The van der Waals surface area contributed by atoms with Crippen LogP contribution in [0.1, 0.15) is 75.2 Å². The molecule has 218 valence electrons. The molecule has 2 rings (SSSR count). The maximum atomic E-state index is 13.6. The quantitative estimate of drug-likeness (QED) is 0.328. The fourth-order valence-electron chi connectivity index (χ4n) is 4.10. The minimum Gasteiger partial charge on any atom is -0.414 e. The standard InChI is InChI=1S/C28H59NO5Si3/c1-26(2,3)35(10,11)31-19-21-23(33-36(12,13)27(4,5)6)24(34-37(14,15)28(7,8)9)22-20(30)17-16-18-29-25(22)32-21/h21-25,29H,16-19H2,1-15H3/t21-,22-,23-,24-,25+/m1/s1. The van der Waals surface area contributed by atoms with Gasteiger partial charge in [-0.2, -0.15) is 0 Å². The average molecular weight is 574 g/mol. The number of fused-ring (bicyclic) bond motifs is 1. The lowest BCUT2D eigenvalue weighted by Crippen LogP contribution is -2.67. The fourth-order valence-corrected chi connectivity index (χ4v) is 7.75. The number of rotatable bonds is 7. The van der Waals surface area contributed by atoms with Crippen LogP contribution in [0, 0.1) is 5.92 Å². The highest BCUT2D eigenvalue weighted by Crippen LogP contribution is 2.45. The number of hydrogen-bond donors (Lipinski definition) is 1. The molecule has 2 aliphatic rings. The van der Waals surface area contributed by atoms with Crippen molar-refractivity contribution in [2.45, 2.75) is 154 Å². The zero-order valence-corrected chi connectivity index (χ0v) is 29.8. The molecule has 6 nitrogen and oxygen atoms in total. The average Bonchev–Trinajstić information content (AvgIpc) is 2.86. The van der Waals surface area contributed by atoms with E-state index in [1.807, 2.05) is 0 Å². The van der Waals surface area contributed by atoms with E-state index < -0.39 is 25.0 Å². The molecule has 0 aromatic carbocycles. The Kier molecular flexibility index (Phi) is 10.1. The summed E-state index contributed by atoms with van der Waals surface area (Å²) in [5.41, 5.74) is 0. The second-order valence-corrected chi connectivity index (χ2v) is 30.2. The zero-order chi connectivity index (χ0) is 28.8. The molecule has 0 aromatic heterocycles. The number of carbonyl (C=O) groups is 1. The Hall–Kier alpha value is 0.121. The molecule has 0 unspecified atom stereocenters. The van der Waals surface area contributed by atoms with Crippen molar-refractivity contribution in [3.63, 3.8) is 0 Å². The minimum absolute atomic E-state index is 0.0106. The van der Waals surface area contributed by atoms with E-state index in [0.717, 1.165) is 13.0 Å². The third-order valence-electron chi connectivity index (χ3n) is 9.90. The van der Waals surface area contributed by atoms with Crippen molar-refractivity contribution in [3.8, 4) is 0 Å². The molecule has 0 spiro atoms. The third kappa shape index (κ3) is 7.65. The Balaban J connectivity index is 2.60. The lowest BCUT2D eigenvalue weighted by molar-refractivity contribution is -0.205. The van der Waals surface area contributed by atoms with Crippen molar-refractivity contribution in [3.05, 3.63) is 0 Å². The van der Waals surface area contributed by atoms with Gasteiger partial charge in [0.05, 0.1) is 24.7 Å². The molecule has 2 aliphatic heterocycles. The Morgan fingerprint density at radius 2 is 1.24 bits per heavy atom.